The average Bonchev–Trinajstić information content (AvgIpc) is 2.83. The Balaban J connectivity index is 1.67. The third-order valence-corrected chi connectivity index (χ3v) is 5.43. The SMILES string of the molecule is Cc1ccc(N(C(=O)c2ccccc2)C2(C)C=CC(=NC(=O)c3ccccc3)C=C2)cc1. The predicted molar refractivity (Wildman–Crippen MR) is 129 cm³/mol. The van der Waals surface area contributed by atoms with E-state index in [9.17, 15) is 9.59 Å². The predicted octanol–water partition coefficient (Wildman–Crippen LogP) is 5.81. The summed E-state index contributed by atoms with van der Waals surface area (Å²) >= 11 is 0. The Morgan fingerprint density at radius 1 is 0.750 bits per heavy atom. The summed E-state index contributed by atoms with van der Waals surface area (Å²) in [6.45, 7) is 3.98. The fourth-order valence-electron chi connectivity index (χ4n) is 3.62. The minimum absolute atomic E-state index is 0.105. The highest BCUT2D eigenvalue weighted by atomic mass is 16.2. The van der Waals surface area contributed by atoms with Crippen molar-refractivity contribution in [3.05, 3.63) is 126 Å². The maximum Gasteiger partial charge on any atom is 0.277 e. The molecule has 4 rings (SSSR count). The van der Waals surface area contributed by atoms with E-state index in [0.717, 1.165) is 11.3 Å². The van der Waals surface area contributed by atoms with Gasteiger partial charge in [0, 0.05) is 16.8 Å². The van der Waals surface area contributed by atoms with Gasteiger partial charge in [0.1, 0.15) is 0 Å². The first-order valence-corrected chi connectivity index (χ1v) is 10.5. The minimum atomic E-state index is -0.725. The lowest BCUT2D eigenvalue weighted by Crippen LogP contribution is -2.48. The van der Waals surface area contributed by atoms with Crippen molar-refractivity contribution < 1.29 is 9.59 Å². The molecule has 0 radical (unpaired) electrons. The Morgan fingerprint density at radius 2 is 1.28 bits per heavy atom. The van der Waals surface area contributed by atoms with Crippen molar-refractivity contribution in [2.75, 3.05) is 4.90 Å². The van der Waals surface area contributed by atoms with Gasteiger partial charge in [-0.25, -0.2) is 4.99 Å². The van der Waals surface area contributed by atoms with Crippen molar-refractivity contribution in [1.82, 2.24) is 0 Å². The van der Waals surface area contributed by atoms with Gasteiger partial charge in [-0.1, -0.05) is 66.2 Å². The standard InChI is InChI=1S/C28H24N2O2/c1-21-13-15-25(16-14-21)30(27(32)23-11-7-4-8-12-23)28(2)19-17-24(18-20-28)29-26(31)22-9-5-3-6-10-22/h3-20H,1-2H3. The lowest BCUT2D eigenvalue weighted by molar-refractivity contribution is 0.0972. The molecule has 0 bridgehead atoms. The van der Waals surface area contributed by atoms with Gasteiger partial charge in [-0.3, -0.25) is 14.5 Å². The van der Waals surface area contributed by atoms with Crippen molar-refractivity contribution in [2.45, 2.75) is 19.4 Å². The molecular formula is C28H24N2O2. The summed E-state index contributed by atoms with van der Waals surface area (Å²) in [5.74, 6) is -0.402. The van der Waals surface area contributed by atoms with Crippen molar-refractivity contribution in [3.63, 3.8) is 0 Å². The third kappa shape index (κ3) is 4.49. The summed E-state index contributed by atoms with van der Waals surface area (Å²) < 4.78 is 0. The van der Waals surface area contributed by atoms with Crippen LogP contribution in [0.2, 0.25) is 0 Å². The summed E-state index contributed by atoms with van der Waals surface area (Å²) in [6, 6.07) is 26.1. The van der Waals surface area contributed by atoms with Crippen LogP contribution in [-0.4, -0.2) is 23.1 Å². The third-order valence-electron chi connectivity index (χ3n) is 5.43. The van der Waals surface area contributed by atoms with E-state index >= 15 is 0 Å². The van der Waals surface area contributed by atoms with E-state index in [0.29, 0.717) is 16.8 Å². The van der Waals surface area contributed by atoms with Gasteiger partial charge in [-0.2, -0.15) is 0 Å². The number of hydrogen-bond donors (Lipinski definition) is 0. The van der Waals surface area contributed by atoms with Crippen molar-refractivity contribution in [3.8, 4) is 0 Å². The molecular weight excluding hydrogens is 396 g/mol. The van der Waals surface area contributed by atoms with Crippen LogP contribution in [0.1, 0.15) is 33.2 Å². The molecule has 1 aliphatic carbocycles. The second-order valence-corrected chi connectivity index (χ2v) is 7.94. The van der Waals surface area contributed by atoms with E-state index in [4.69, 9.17) is 0 Å². The van der Waals surface area contributed by atoms with E-state index in [1.807, 2.05) is 98.8 Å². The summed E-state index contributed by atoms with van der Waals surface area (Å²) in [5.41, 5.74) is 2.88. The maximum absolute atomic E-state index is 13.6. The molecule has 4 nitrogen and oxygen atoms in total. The number of nitrogens with zero attached hydrogens (tertiary/aromatic N) is 2. The first kappa shape index (κ1) is 21.2. The molecule has 0 aliphatic heterocycles. The molecule has 3 aromatic rings. The number of benzene rings is 3. The monoisotopic (exact) mass is 420 g/mol. The Morgan fingerprint density at radius 3 is 1.84 bits per heavy atom. The number of carbonyl (C=O) groups excluding carboxylic acids is 2. The fourth-order valence-corrected chi connectivity index (χ4v) is 3.62. The first-order valence-electron chi connectivity index (χ1n) is 10.5. The van der Waals surface area contributed by atoms with E-state index in [1.54, 1.807) is 29.2 Å². The molecule has 2 amide bonds. The Hall–Kier alpha value is -4.05. The average molecular weight is 421 g/mol. The molecule has 0 spiro atoms. The van der Waals surface area contributed by atoms with Crippen molar-refractivity contribution in [2.24, 2.45) is 4.99 Å². The number of allylic oxidation sites excluding steroid dienone is 2. The lowest BCUT2D eigenvalue weighted by atomic mass is 9.91. The number of rotatable bonds is 4. The molecule has 4 heteroatoms. The van der Waals surface area contributed by atoms with Gasteiger partial charge in [0.2, 0.25) is 0 Å². The molecule has 1 aliphatic rings. The second-order valence-electron chi connectivity index (χ2n) is 7.94. The van der Waals surface area contributed by atoms with Crippen LogP contribution in [0.3, 0.4) is 0 Å². The van der Waals surface area contributed by atoms with Crippen LogP contribution in [0, 0.1) is 6.92 Å². The quantitative estimate of drug-likeness (QED) is 0.535. The summed E-state index contributed by atoms with van der Waals surface area (Å²) in [4.78, 5) is 32.0. The van der Waals surface area contributed by atoms with Gasteiger partial charge in [0.25, 0.3) is 11.8 Å². The maximum atomic E-state index is 13.6. The summed E-state index contributed by atoms with van der Waals surface area (Å²) in [5, 5.41) is 0. The highest BCUT2D eigenvalue weighted by molar-refractivity contribution is 6.14. The van der Waals surface area contributed by atoms with Crippen LogP contribution in [0.4, 0.5) is 5.69 Å². The Kier molecular flexibility index (Phi) is 5.95. The van der Waals surface area contributed by atoms with Crippen LogP contribution in [0.25, 0.3) is 0 Å². The normalized spacial score (nSPS) is 17.1. The number of aryl methyl sites for hydroxylation is 1. The van der Waals surface area contributed by atoms with Crippen LogP contribution < -0.4 is 4.90 Å². The van der Waals surface area contributed by atoms with Crippen molar-refractivity contribution >= 4 is 23.2 Å². The Bertz CT molecular complexity index is 1190. The molecule has 0 N–H and O–H groups in total. The minimum Gasteiger partial charge on any atom is -0.296 e. The highest BCUT2D eigenvalue weighted by Crippen LogP contribution is 2.31. The van der Waals surface area contributed by atoms with Gasteiger partial charge < -0.3 is 0 Å². The van der Waals surface area contributed by atoms with Gasteiger partial charge in [-0.15, -0.1) is 0 Å². The molecule has 0 heterocycles. The van der Waals surface area contributed by atoms with Crippen LogP contribution in [0.15, 0.2) is 114 Å². The van der Waals surface area contributed by atoms with E-state index < -0.39 is 5.54 Å². The zero-order valence-electron chi connectivity index (χ0n) is 18.1. The number of carbonyl (C=O) groups is 2. The molecule has 0 fully saturated rings. The van der Waals surface area contributed by atoms with E-state index in [-0.39, 0.29) is 11.8 Å². The van der Waals surface area contributed by atoms with Gasteiger partial charge >= 0.3 is 0 Å². The molecule has 158 valence electrons. The number of aliphatic imine (C=N–C) groups is 1. The number of hydrogen-bond acceptors (Lipinski definition) is 2. The van der Waals surface area contributed by atoms with Gasteiger partial charge in [0.15, 0.2) is 0 Å². The van der Waals surface area contributed by atoms with Crippen LogP contribution >= 0.6 is 0 Å². The lowest BCUT2D eigenvalue weighted by Gasteiger charge is -2.38. The Labute approximate surface area is 188 Å². The van der Waals surface area contributed by atoms with Crippen LogP contribution in [-0.2, 0) is 0 Å². The zero-order valence-corrected chi connectivity index (χ0v) is 18.1. The largest absolute Gasteiger partial charge is 0.296 e. The van der Waals surface area contributed by atoms with E-state index in [1.165, 1.54) is 0 Å². The topological polar surface area (TPSA) is 49.7 Å². The van der Waals surface area contributed by atoms with Crippen molar-refractivity contribution in [1.29, 1.82) is 0 Å². The molecule has 3 aromatic carbocycles. The molecule has 0 unspecified atom stereocenters. The van der Waals surface area contributed by atoms with E-state index in [2.05, 4.69) is 4.99 Å². The molecule has 0 saturated heterocycles. The van der Waals surface area contributed by atoms with Gasteiger partial charge in [-0.05, 0) is 62.4 Å². The van der Waals surface area contributed by atoms with Crippen LogP contribution in [0.5, 0.6) is 0 Å². The summed E-state index contributed by atoms with van der Waals surface area (Å²) in [7, 11) is 0. The number of anilines is 1. The zero-order chi connectivity index (χ0) is 22.6. The highest BCUT2D eigenvalue weighted by Gasteiger charge is 2.34. The summed E-state index contributed by atoms with van der Waals surface area (Å²) in [6.07, 6.45) is 7.40. The molecule has 32 heavy (non-hydrogen) atoms. The first-order chi connectivity index (χ1) is 15.5. The molecule has 0 saturated carbocycles. The molecule has 0 atom stereocenters. The van der Waals surface area contributed by atoms with Gasteiger partial charge in [0.05, 0.1) is 11.3 Å². The fraction of sp³-hybridized carbons (Fsp3) is 0.107. The second kappa shape index (κ2) is 8.98. The molecule has 0 aromatic heterocycles. The smallest absolute Gasteiger partial charge is 0.277 e. The number of amides is 2.